The normalized spacial score (nSPS) is 17.9. The van der Waals surface area contributed by atoms with Crippen molar-refractivity contribution in [2.24, 2.45) is 0 Å². The van der Waals surface area contributed by atoms with Crippen molar-refractivity contribution in [1.82, 2.24) is 9.88 Å². The lowest BCUT2D eigenvalue weighted by Crippen LogP contribution is -2.42. The van der Waals surface area contributed by atoms with Crippen LogP contribution in [0, 0.1) is 10.1 Å². The Balaban J connectivity index is 1.94. The molecular formula is C12H18N4O3. The summed E-state index contributed by atoms with van der Waals surface area (Å²) in [5.41, 5.74) is 0.0105. The number of morpholine rings is 1. The first-order valence-electron chi connectivity index (χ1n) is 6.33. The van der Waals surface area contributed by atoms with Crippen LogP contribution in [-0.4, -0.2) is 53.7 Å². The standard InChI is InChI=1S/C12H18N4O3/c1-10(9-15-5-7-19-8-6-15)14-12-11(16(17)18)3-2-4-13-12/h2-4,10H,5-9H2,1H3,(H,13,14)/t10-/m1/s1. The van der Waals surface area contributed by atoms with Crippen molar-refractivity contribution >= 4 is 11.5 Å². The van der Waals surface area contributed by atoms with Gasteiger partial charge in [0.05, 0.1) is 18.1 Å². The fraction of sp³-hybridized carbons (Fsp3) is 0.583. The number of rotatable bonds is 5. The van der Waals surface area contributed by atoms with E-state index in [1.807, 2.05) is 6.92 Å². The molecule has 2 rings (SSSR count). The molecule has 1 saturated heterocycles. The van der Waals surface area contributed by atoms with Crippen LogP contribution >= 0.6 is 0 Å². The van der Waals surface area contributed by atoms with Crippen molar-refractivity contribution in [2.45, 2.75) is 13.0 Å². The van der Waals surface area contributed by atoms with Crippen molar-refractivity contribution in [2.75, 3.05) is 38.2 Å². The maximum Gasteiger partial charge on any atom is 0.311 e. The molecule has 0 bridgehead atoms. The second kappa shape index (κ2) is 6.44. The third-order valence-corrected chi connectivity index (χ3v) is 3.00. The van der Waals surface area contributed by atoms with E-state index in [9.17, 15) is 10.1 Å². The van der Waals surface area contributed by atoms with Gasteiger partial charge in [-0.2, -0.15) is 0 Å². The van der Waals surface area contributed by atoms with Gasteiger partial charge in [0, 0.05) is 37.9 Å². The molecule has 7 heteroatoms. The third kappa shape index (κ3) is 3.87. The summed E-state index contributed by atoms with van der Waals surface area (Å²) in [6.07, 6.45) is 1.55. The molecule has 0 spiro atoms. The lowest BCUT2D eigenvalue weighted by Gasteiger charge is -2.29. The minimum atomic E-state index is -0.420. The summed E-state index contributed by atoms with van der Waals surface area (Å²) < 4.78 is 5.29. The average Bonchev–Trinajstić information content (AvgIpc) is 2.40. The second-order valence-electron chi connectivity index (χ2n) is 4.59. The first-order valence-corrected chi connectivity index (χ1v) is 6.33. The number of nitro groups is 1. The van der Waals surface area contributed by atoms with Crippen molar-refractivity contribution < 1.29 is 9.66 Å². The highest BCUT2D eigenvalue weighted by molar-refractivity contribution is 5.55. The molecule has 0 aliphatic carbocycles. The summed E-state index contributed by atoms with van der Waals surface area (Å²) in [5.74, 6) is 0.327. The zero-order valence-corrected chi connectivity index (χ0v) is 10.9. The van der Waals surface area contributed by atoms with Crippen LogP contribution in [0.3, 0.4) is 0 Å². The Kier molecular flexibility index (Phi) is 4.64. The Morgan fingerprint density at radius 3 is 3.00 bits per heavy atom. The molecule has 2 heterocycles. The lowest BCUT2D eigenvalue weighted by atomic mass is 10.2. The fourth-order valence-electron chi connectivity index (χ4n) is 2.11. The van der Waals surface area contributed by atoms with E-state index in [1.165, 1.54) is 6.07 Å². The van der Waals surface area contributed by atoms with E-state index in [0.29, 0.717) is 5.82 Å². The summed E-state index contributed by atoms with van der Waals surface area (Å²) in [7, 11) is 0. The summed E-state index contributed by atoms with van der Waals surface area (Å²) in [4.78, 5) is 16.8. The summed E-state index contributed by atoms with van der Waals surface area (Å²) in [5, 5.41) is 14.0. The topological polar surface area (TPSA) is 80.5 Å². The van der Waals surface area contributed by atoms with Crippen LogP contribution in [-0.2, 0) is 4.74 Å². The van der Waals surface area contributed by atoms with Crippen LogP contribution in [0.1, 0.15) is 6.92 Å². The molecule has 0 aromatic carbocycles. The van der Waals surface area contributed by atoms with E-state index in [4.69, 9.17) is 4.74 Å². The van der Waals surface area contributed by atoms with Gasteiger partial charge in [0.15, 0.2) is 0 Å². The predicted molar refractivity (Wildman–Crippen MR) is 71.2 cm³/mol. The fourth-order valence-corrected chi connectivity index (χ4v) is 2.11. The van der Waals surface area contributed by atoms with Gasteiger partial charge in [-0.3, -0.25) is 15.0 Å². The number of ether oxygens (including phenoxy) is 1. The molecule has 104 valence electrons. The molecule has 1 aromatic rings. The Hall–Kier alpha value is -1.73. The molecule has 1 N–H and O–H groups in total. The van der Waals surface area contributed by atoms with Gasteiger partial charge in [-0.25, -0.2) is 4.98 Å². The van der Waals surface area contributed by atoms with Crippen molar-refractivity contribution in [3.63, 3.8) is 0 Å². The lowest BCUT2D eigenvalue weighted by molar-refractivity contribution is -0.384. The van der Waals surface area contributed by atoms with E-state index in [-0.39, 0.29) is 11.7 Å². The molecular weight excluding hydrogens is 248 g/mol. The number of nitrogens with one attached hydrogen (secondary N) is 1. The Bertz CT molecular complexity index is 435. The molecule has 0 radical (unpaired) electrons. The van der Waals surface area contributed by atoms with Gasteiger partial charge in [0.25, 0.3) is 0 Å². The van der Waals surface area contributed by atoms with E-state index in [0.717, 1.165) is 32.8 Å². The van der Waals surface area contributed by atoms with Crippen LogP contribution in [0.4, 0.5) is 11.5 Å². The van der Waals surface area contributed by atoms with Gasteiger partial charge in [-0.15, -0.1) is 0 Å². The Labute approximate surface area is 111 Å². The highest BCUT2D eigenvalue weighted by Gasteiger charge is 2.18. The molecule has 0 amide bonds. The van der Waals surface area contributed by atoms with E-state index in [2.05, 4.69) is 15.2 Å². The zero-order chi connectivity index (χ0) is 13.7. The first-order chi connectivity index (χ1) is 9.16. The van der Waals surface area contributed by atoms with Crippen LogP contribution in [0.15, 0.2) is 18.3 Å². The van der Waals surface area contributed by atoms with Crippen LogP contribution in [0.5, 0.6) is 0 Å². The van der Waals surface area contributed by atoms with Crippen molar-refractivity contribution in [1.29, 1.82) is 0 Å². The molecule has 1 aromatic heterocycles. The monoisotopic (exact) mass is 266 g/mol. The summed E-state index contributed by atoms with van der Waals surface area (Å²) in [6, 6.07) is 3.11. The zero-order valence-electron chi connectivity index (χ0n) is 10.9. The van der Waals surface area contributed by atoms with Crippen LogP contribution in [0.2, 0.25) is 0 Å². The largest absolute Gasteiger partial charge is 0.379 e. The highest BCUT2D eigenvalue weighted by Crippen LogP contribution is 2.21. The quantitative estimate of drug-likeness (QED) is 0.635. The van der Waals surface area contributed by atoms with E-state index < -0.39 is 4.92 Å². The molecule has 1 aliphatic rings. The molecule has 19 heavy (non-hydrogen) atoms. The average molecular weight is 266 g/mol. The molecule has 1 aliphatic heterocycles. The van der Waals surface area contributed by atoms with E-state index in [1.54, 1.807) is 12.3 Å². The van der Waals surface area contributed by atoms with E-state index >= 15 is 0 Å². The van der Waals surface area contributed by atoms with Crippen molar-refractivity contribution in [3.05, 3.63) is 28.4 Å². The number of pyridine rings is 1. The summed E-state index contributed by atoms with van der Waals surface area (Å²) in [6.45, 7) is 6.10. The predicted octanol–water partition coefficient (Wildman–Crippen LogP) is 1.12. The first kappa shape index (κ1) is 13.7. The number of anilines is 1. The minimum absolute atomic E-state index is 0.0105. The second-order valence-corrected chi connectivity index (χ2v) is 4.59. The Morgan fingerprint density at radius 1 is 1.58 bits per heavy atom. The molecule has 7 nitrogen and oxygen atoms in total. The molecule has 1 atom stereocenters. The van der Waals surface area contributed by atoms with Gasteiger partial charge < -0.3 is 10.1 Å². The smallest absolute Gasteiger partial charge is 0.311 e. The maximum atomic E-state index is 10.9. The van der Waals surface area contributed by atoms with Gasteiger partial charge in [-0.1, -0.05) is 0 Å². The van der Waals surface area contributed by atoms with Crippen LogP contribution < -0.4 is 5.32 Å². The number of aromatic nitrogens is 1. The van der Waals surface area contributed by atoms with Crippen LogP contribution in [0.25, 0.3) is 0 Å². The molecule has 0 saturated carbocycles. The highest BCUT2D eigenvalue weighted by atomic mass is 16.6. The Morgan fingerprint density at radius 2 is 2.32 bits per heavy atom. The maximum absolute atomic E-state index is 10.9. The SMILES string of the molecule is C[C@H](CN1CCOCC1)Nc1ncccc1[N+](=O)[O-]. The number of hydrogen-bond donors (Lipinski definition) is 1. The van der Waals surface area contributed by atoms with Crippen molar-refractivity contribution in [3.8, 4) is 0 Å². The number of hydrogen-bond acceptors (Lipinski definition) is 6. The number of nitrogens with zero attached hydrogens (tertiary/aromatic N) is 3. The van der Waals surface area contributed by atoms with Gasteiger partial charge in [0.1, 0.15) is 0 Å². The van der Waals surface area contributed by atoms with Gasteiger partial charge in [0.2, 0.25) is 5.82 Å². The third-order valence-electron chi connectivity index (χ3n) is 3.00. The summed E-state index contributed by atoms with van der Waals surface area (Å²) >= 11 is 0. The van der Waals surface area contributed by atoms with Gasteiger partial charge >= 0.3 is 5.69 Å². The molecule has 0 unspecified atom stereocenters. The molecule has 1 fully saturated rings. The van der Waals surface area contributed by atoms with Gasteiger partial charge in [-0.05, 0) is 13.0 Å². The minimum Gasteiger partial charge on any atom is -0.379 e.